The fraction of sp³-hybridized carbons (Fsp3) is 0.188. The van der Waals surface area contributed by atoms with Gasteiger partial charge in [0, 0.05) is 18.9 Å². The van der Waals surface area contributed by atoms with Gasteiger partial charge >= 0.3 is 0 Å². The second kappa shape index (κ2) is 7.26. The molecule has 0 radical (unpaired) electrons. The molecule has 0 fully saturated rings. The maximum absolute atomic E-state index is 12.6. The number of tetrazole rings is 1. The molecule has 1 atom stereocenters. The highest BCUT2D eigenvalue weighted by Gasteiger charge is 2.23. The van der Waals surface area contributed by atoms with Gasteiger partial charge in [-0.1, -0.05) is 30.3 Å². The van der Waals surface area contributed by atoms with Crippen molar-refractivity contribution in [2.24, 2.45) is 0 Å². The molecule has 7 heteroatoms. The van der Waals surface area contributed by atoms with Gasteiger partial charge in [0.05, 0.1) is 0 Å². The van der Waals surface area contributed by atoms with Crippen molar-refractivity contribution >= 4 is 5.91 Å². The first-order valence-corrected chi connectivity index (χ1v) is 7.28. The second-order valence-corrected chi connectivity index (χ2v) is 5.00. The zero-order valence-electron chi connectivity index (χ0n) is 12.4. The van der Waals surface area contributed by atoms with Crippen LogP contribution in [0.25, 0.3) is 0 Å². The number of pyridine rings is 1. The smallest absolute Gasteiger partial charge is 0.249 e. The van der Waals surface area contributed by atoms with Crippen molar-refractivity contribution in [3.63, 3.8) is 0 Å². The number of carbonyl (C=O) groups excluding carboxylic acids is 1. The van der Waals surface area contributed by atoms with E-state index >= 15 is 0 Å². The fourth-order valence-electron chi connectivity index (χ4n) is 2.32. The Hall–Kier alpha value is -3.09. The molecule has 1 N–H and O–H groups in total. The Labute approximate surface area is 133 Å². The van der Waals surface area contributed by atoms with Gasteiger partial charge in [-0.25, -0.2) is 4.68 Å². The molecule has 0 aliphatic rings. The van der Waals surface area contributed by atoms with E-state index in [1.807, 2.05) is 42.5 Å². The van der Waals surface area contributed by atoms with E-state index in [0.29, 0.717) is 6.54 Å². The minimum absolute atomic E-state index is 0.141. The molecule has 1 aromatic carbocycles. The molecule has 116 valence electrons. The van der Waals surface area contributed by atoms with Gasteiger partial charge < -0.3 is 5.32 Å². The molecule has 1 amide bonds. The summed E-state index contributed by atoms with van der Waals surface area (Å²) in [7, 11) is 0. The number of rotatable bonds is 6. The molecule has 0 aliphatic carbocycles. The van der Waals surface area contributed by atoms with Crippen molar-refractivity contribution in [2.45, 2.75) is 12.5 Å². The van der Waals surface area contributed by atoms with E-state index in [-0.39, 0.29) is 5.91 Å². The SMILES string of the molecule is O=C(NCCc1ccncc1)[C@H](c1ccccc1)n1cnnn1. The van der Waals surface area contributed by atoms with Crippen molar-refractivity contribution in [1.29, 1.82) is 0 Å². The molecule has 0 saturated heterocycles. The summed E-state index contributed by atoms with van der Waals surface area (Å²) < 4.78 is 1.46. The Kier molecular flexibility index (Phi) is 4.68. The van der Waals surface area contributed by atoms with E-state index in [1.165, 1.54) is 11.0 Å². The molecule has 3 rings (SSSR count). The van der Waals surface area contributed by atoms with Gasteiger partial charge in [0.2, 0.25) is 5.91 Å². The average molecular weight is 308 g/mol. The van der Waals surface area contributed by atoms with Crippen LogP contribution in [0.1, 0.15) is 17.2 Å². The lowest BCUT2D eigenvalue weighted by Crippen LogP contribution is -2.34. The predicted molar refractivity (Wildman–Crippen MR) is 83.3 cm³/mol. The predicted octanol–water partition coefficient (Wildman–Crippen LogP) is 1.02. The van der Waals surface area contributed by atoms with Crippen molar-refractivity contribution in [3.05, 3.63) is 72.3 Å². The van der Waals surface area contributed by atoms with E-state index in [0.717, 1.165) is 17.5 Å². The lowest BCUT2D eigenvalue weighted by Gasteiger charge is -2.16. The topological polar surface area (TPSA) is 85.6 Å². The van der Waals surface area contributed by atoms with Crippen LogP contribution in [0.5, 0.6) is 0 Å². The van der Waals surface area contributed by atoms with Crippen LogP contribution in [0.4, 0.5) is 0 Å². The summed E-state index contributed by atoms with van der Waals surface area (Å²) in [6.45, 7) is 0.536. The molecule has 0 saturated carbocycles. The Bertz CT molecular complexity index is 730. The lowest BCUT2D eigenvalue weighted by atomic mass is 10.1. The number of hydrogen-bond acceptors (Lipinski definition) is 5. The first-order chi connectivity index (χ1) is 11.3. The number of nitrogens with zero attached hydrogens (tertiary/aromatic N) is 5. The number of hydrogen-bond donors (Lipinski definition) is 1. The second-order valence-electron chi connectivity index (χ2n) is 5.00. The Balaban J connectivity index is 1.69. The van der Waals surface area contributed by atoms with Crippen LogP contribution in [-0.2, 0) is 11.2 Å². The highest BCUT2D eigenvalue weighted by atomic mass is 16.2. The van der Waals surface area contributed by atoms with E-state index < -0.39 is 6.04 Å². The van der Waals surface area contributed by atoms with Gasteiger partial charge in [0.15, 0.2) is 6.04 Å². The van der Waals surface area contributed by atoms with Gasteiger partial charge in [-0.3, -0.25) is 9.78 Å². The van der Waals surface area contributed by atoms with E-state index in [9.17, 15) is 4.79 Å². The van der Waals surface area contributed by atoms with Gasteiger partial charge in [-0.15, -0.1) is 5.10 Å². The van der Waals surface area contributed by atoms with Crippen molar-refractivity contribution in [2.75, 3.05) is 6.54 Å². The summed E-state index contributed by atoms with van der Waals surface area (Å²) >= 11 is 0. The van der Waals surface area contributed by atoms with Gasteiger partial charge in [-0.05, 0) is 40.1 Å². The molecular weight excluding hydrogens is 292 g/mol. The molecule has 0 bridgehead atoms. The van der Waals surface area contributed by atoms with Gasteiger partial charge in [0.1, 0.15) is 6.33 Å². The largest absolute Gasteiger partial charge is 0.354 e. The standard InChI is InChI=1S/C16H16N6O/c23-16(18-11-8-13-6-9-17-10-7-13)15(22-12-19-20-21-22)14-4-2-1-3-5-14/h1-7,9-10,12,15H,8,11H2,(H,18,23)/t15-/m0/s1. The molecule has 2 aromatic heterocycles. The van der Waals surface area contributed by atoms with E-state index in [2.05, 4.69) is 25.8 Å². The number of nitrogens with one attached hydrogen (secondary N) is 1. The summed E-state index contributed by atoms with van der Waals surface area (Å²) in [5.74, 6) is -0.141. The average Bonchev–Trinajstić information content (AvgIpc) is 3.11. The maximum atomic E-state index is 12.6. The first-order valence-electron chi connectivity index (χ1n) is 7.28. The van der Waals surface area contributed by atoms with Crippen molar-refractivity contribution in [3.8, 4) is 0 Å². The first kappa shape index (κ1) is 14.8. The van der Waals surface area contributed by atoms with Crippen molar-refractivity contribution < 1.29 is 4.79 Å². The molecule has 0 aliphatic heterocycles. The van der Waals surface area contributed by atoms with Crippen molar-refractivity contribution in [1.82, 2.24) is 30.5 Å². The van der Waals surface area contributed by atoms with Crippen LogP contribution >= 0.6 is 0 Å². The quantitative estimate of drug-likeness (QED) is 0.734. The van der Waals surface area contributed by atoms with Gasteiger partial charge in [-0.2, -0.15) is 0 Å². The summed E-state index contributed by atoms with van der Waals surface area (Å²) in [6, 6.07) is 12.7. The van der Waals surface area contributed by atoms with Crippen LogP contribution in [0.2, 0.25) is 0 Å². The third kappa shape index (κ3) is 3.76. The molecule has 3 aromatic rings. The molecule has 23 heavy (non-hydrogen) atoms. The third-order valence-corrected chi connectivity index (χ3v) is 3.46. The molecule has 2 heterocycles. The Morgan fingerprint density at radius 2 is 1.91 bits per heavy atom. The lowest BCUT2D eigenvalue weighted by molar-refractivity contribution is -0.123. The highest BCUT2D eigenvalue weighted by molar-refractivity contribution is 5.83. The maximum Gasteiger partial charge on any atom is 0.249 e. The Morgan fingerprint density at radius 1 is 1.13 bits per heavy atom. The van der Waals surface area contributed by atoms with Crippen LogP contribution in [0, 0.1) is 0 Å². The summed E-state index contributed by atoms with van der Waals surface area (Å²) in [5, 5.41) is 14.1. The number of amides is 1. The molecule has 0 spiro atoms. The summed E-state index contributed by atoms with van der Waals surface area (Å²) in [5.41, 5.74) is 1.96. The minimum atomic E-state index is -0.580. The summed E-state index contributed by atoms with van der Waals surface area (Å²) in [4.78, 5) is 16.6. The Morgan fingerprint density at radius 3 is 2.61 bits per heavy atom. The summed E-state index contributed by atoms with van der Waals surface area (Å²) in [6.07, 6.45) is 5.67. The zero-order chi connectivity index (χ0) is 15.9. The monoisotopic (exact) mass is 308 g/mol. The van der Waals surface area contributed by atoms with E-state index in [1.54, 1.807) is 12.4 Å². The fourth-order valence-corrected chi connectivity index (χ4v) is 2.32. The minimum Gasteiger partial charge on any atom is -0.354 e. The van der Waals surface area contributed by atoms with Crippen LogP contribution < -0.4 is 5.32 Å². The molecule has 7 nitrogen and oxygen atoms in total. The molecular formula is C16H16N6O. The number of aromatic nitrogens is 5. The molecule has 0 unspecified atom stereocenters. The van der Waals surface area contributed by atoms with Gasteiger partial charge in [0.25, 0.3) is 0 Å². The van der Waals surface area contributed by atoms with Crippen LogP contribution in [-0.4, -0.2) is 37.6 Å². The number of carbonyl (C=O) groups is 1. The number of benzene rings is 1. The van der Waals surface area contributed by atoms with Crippen LogP contribution in [0.3, 0.4) is 0 Å². The zero-order valence-corrected chi connectivity index (χ0v) is 12.4. The third-order valence-electron chi connectivity index (χ3n) is 3.46. The van der Waals surface area contributed by atoms with Crippen LogP contribution in [0.15, 0.2) is 61.2 Å². The van der Waals surface area contributed by atoms with E-state index in [4.69, 9.17) is 0 Å². The normalized spacial score (nSPS) is 11.8. The highest BCUT2D eigenvalue weighted by Crippen LogP contribution is 2.16.